The van der Waals surface area contributed by atoms with Crippen LogP contribution in [0.25, 0.3) is 6.08 Å². The first-order valence-electron chi connectivity index (χ1n) is 13.0. The number of rotatable bonds is 10. The Morgan fingerprint density at radius 3 is 2.48 bits per heavy atom. The molecule has 4 rings (SSSR count). The molecule has 0 aliphatic carbocycles. The Morgan fingerprint density at radius 1 is 1.07 bits per heavy atom. The maximum atomic E-state index is 13.8. The minimum Gasteiger partial charge on any atom is -0.494 e. The molecule has 10 heteroatoms. The number of ether oxygens (including phenoxy) is 4. The van der Waals surface area contributed by atoms with Gasteiger partial charge in [-0.05, 0) is 54.8 Å². The van der Waals surface area contributed by atoms with Gasteiger partial charge in [0.25, 0.3) is 5.56 Å². The van der Waals surface area contributed by atoms with Crippen molar-refractivity contribution in [1.82, 2.24) is 4.57 Å². The standard InChI is InChI=1S/C30H32N2O7S/c1-6-7-8-15-38-22-12-9-20(10-13-22)16-25-28(34)32-27(26(29(35)37-5)18(2)31-30(32)40-25)21-11-14-23(39-19(3)33)24(17-21)36-4/h9-14,16-17,27H,6-8,15H2,1-5H3/b25-16+. The number of methoxy groups -OCH3 is 2. The second-order valence-electron chi connectivity index (χ2n) is 9.20. The molecule has 0 amide bonds. The molecule has 210 valence electrons. The molecule has 1 unspecified atom stereocenters. The molecular formula is C30H32N2O7S. The van der Waals surface area contributed by atoms with Crippen molar-refractivity contribution in [2.75, 3.05) is 20.8 Å². The Morgan fingerprint density at radius 2 is 1.82 bits per heavy atom. The van der Waals surface area contributed by atoms with E-state index in [1.807, 2.05) is 24.3 Å². The van der Waals surface area contributed by atoms with Gasteiger partial charge in [0.05, 0.1) is 42.7 Å². The maximum absolute atomic E-state index is 13.8. The lowest BCUT2D eigenvalue weighted by Gasteiger charge is -2.25. The van der Waals surface area contributed by atoms with Gasteiger partial charge < -0.3 is 18.9 Å². The monoisotopic (exact) mass is 564 g/mol. The minimum atomic E-state index is -0.829. The summed E-state index contributed by atoms with van der Waals surface area (Å²) in [4.78, 5) is 43.3. The van der Waals surface area contributed by atoms with Gasteiger partial charge in [-0.25, -0.2) is 9.79 Å². The lowest BCUT2D eigenvalue weighted by atomic mass is 9.95. The molecule has 0 saturated heterocycles. The molecule has 0 spiro atoms. The van der Waals surface area contributed by atoms with Gasteiger partial charge in [-0.3, -0.25) is 14.2 Å². The van der Waals surface area contributed by atoms with Crippen molar-refractivity contribution in [1.29, 1.82) is 0 Å². The molecule has 9 nitrogen and oxygen atoms in total. The van der Waals surface area contributed by atoms with Gasteiger partial charge in [-0.2, -0.15) is 0 Å². The summed E-state index contributed by atoms with van der Waals surface area (Å²) in [5, 5.41) is 0. The molecule has 2 aromatic carbocycles. The fraction of sp³-hybridized carbons (Fsp3) is 0.333. The molecule has 0 saturated carbocycles. The van der Waals surface area contributed by atoms with Crippen LogP contribution in [0.2, 0.25) is 0 Å². The number of carbonyl (C=O) groups excluding carboxylic acids is 2. The van der Waals surface area contributed by atoms with E-state index in [-0.39, 0.29) is 22.6 Å². The summed E-state index contributed by atoms with van der Waals surface area (Å²) in [5.74, 6) is 0.188. The van der Waals surface area contributed by atoms with Crippen molar-refractivity contribution in [3.8, 4) is 17.2 Å². The van der Waals surface area contributed by atoms with Crippen LogP contribution in [0.5, 0.6) is 17.2 Å². The fourth-order valence-electron chi connectivity index (χ4n) is 4.46. The number of benzene rings is 2. The number of fused-ring (bicyclic) bond motifs is 1. The first-order valence-corrected chi connectivity index (χ1v) is 13.8. The van der Waals surface area contributed by atoms with Crippen molar-refractivity contribution < 1.29 is 28.5 Å². The topological polar surface area (TPSA) is 105 Å². The second kappa shape index (κ2) is 12.8. The van der Waals surface area contributed by atoms with Gasteiger partial charge in [0.15, 0.2) is 16.3 Å². The van der Waals surface area contributed by atoms with E-state index in [2.05, 4.69) is 11.9 Å². The Labute approximate surface area is 236 Å². The average Bonchev–Trinajstić information content (AvgIpc) is 3.24. The predicted molar refractivity (Wildman–Crippen MR) is 152 cm³/mol. The van der Waals surface area contributed by atoms with E-state index >= 15 is 0 Å². The summed E-state index contributed by atoms with van der Waals surface area (Å²) in [6.07, 6.45) is 5.06. The van der Waals surface area contributed by atoms with E-state index in [4.69, 9.17) is 18.9 Å². The van der Waals surface area contributed by atoms with E-state index in [1.54, 1.807) is 31.2 Å². The minimum absolute atomic E-state index is 0.226. The number of allylic oxidation sites excluding steroid dienone is 1. The number of hydrogen-bond acceptors (Lipinski definition) is 9. The lowest BCUT2D eigenvalue weighted by Crippen LogP contribution is -2.39. The van der Waals surface area contributed by atoms with E-state index in [0.717, 1.165) is 30.6 Å². The molecule has 1 aromatic heterocycles. The van der Waals surface area contributed by atoms with Crippen LogP contribution in [-0.2, 0) is 14.3 Å². The number of thiazole rings is 1. The van der Waals surface area contributed by atoms with Crippen molar-refractivity contribution in [2.45, 2.75) is 46.1 Å². The summed E-state index contributed by atoms with van der Waals surface area (Å²) in [5.41, 5.74) is 1.77. The quantitative estimate of drug-likeness (QED) is 0.209. The molecule has 40 heavy (non-hydrogen) atoms. The number of esters is 2. The molecule has 2 heterocycles. The fourth-order valence-corrected chi connectivity index (χ4v) is 5.50. The zero-order chi connectivity index (χ0) is 28.8. The Kier molecular flexibility index (Phi) is 9.21. The molecule has 0 radical (unpaired) electrons. The molecule has 0 bridgehead atoms. The van der Waals surface area contributed by atoms with Crippen LogP contribution in [0.3, 0.4) is 0 Å². The number of aromatic nitrogens is 1. The molecule has 1 aliphatic heterocycles. The highest BCUT2D eigenvalue weighted by Gasteiger charge is 2.33. The van der Waals surface area contributed by atoms with Gasteiger partial charge in [0, 0.05) is 6.92 Å². The summed E-state index contributed by atoms with van der Waals surface area (Å²) < 4.78 is 23.5. The highest BCUT2D eigenvalue weighted by atomic mass is 32.1. The van der Waals surface area contributed by atoms with Crippen LogP contribution in [0.1, 0.15) is 57.2 Å². The van der Waals surface area contributed by atoms with Gasteiger partial charge in [0.1, 0.15) is 5.75 Å². The van der Waals surface area contributed by atoms with Crippen molar-refractivity contribution >= 4 is 29.4 Å². The Balaban J connectivity index is 1.78. The first-order chi connectivity index (χ1) is 19.3. The lowest BCUT2D eigenvalue weighted by molar-refractivity contribution is -0.136. The molecule has 1 aliphatic rings. The largest absolute Gasteiger partial charge is 0.494 e. The van der Waals surface area contributed by atoms with Crippen LogP contribution in [0.4, 0.5) is 0 Å². The molecule has 0 fully saturated rings. The highest BCUT2D eigenvalue weighted by molar-refractivity contribution is 7.07. The highest BCUT2D eigenvalue weighted by Crippen LogP contribution is 2.36. The Hall–Kier alpha value is -4.18. The van der Waals surface area contributed by atoms with Crippen molar-refractivity contribution in [3.63, 3.8) is 0 Å². The average molecular weight is 565 g/mol. The van der Waals surface area contributed by atoms with E-state index in [1.165, 1.54) is 37.0 Å². The smallest absolute Gasteiger partial charge is 0.338 e. The predicted octanol–water partition coefficient (Wildman–Crippen LogP) is 3.91. The van der Waals surface area contributed by atoms with E-state index in [0.29, 0.717) is 27.2 Å². The van der Waals surface area contributed by atoms with Gasteiger partial charge >= 0.3 is 11.9 Å². The van der Waals surface area contributed by atoms with Crippen LogP contribution in [0.15, 0.2) is 63.5 Å². The van der Waals surface area contributed by atoms with Crippen LogP contribution in [0, 0.1) is 0 Å². The maximum Gasteiger partial charge on any atom is 0.338 e. The Bertz CT molecular complexity index is 1620. The van der Waals surface area contributed by atoms with Crippen LogP contribution < -0.4 is 29.1 Å². The summed E-state index contributed by atoms with van der Waals surface area (Å²) in [6, 6.07) is 11.6. The third kappa shape index (κ3) is 6.17. The summed E-state index contributed by atoms with van der Waals surface area (Å²) in [7, 11) is 2.73. The summed E-state index contributed by atoms with van der Waals surface area (Å²) >= 11 is 1.24. The third-order valence-corrected chi connectivity index (χ3v) is 7.36. The summed E-state index contributed by atoms with van der Waals surface area (Å²) in [6.45, 7) is 5.82. The van der Waals surface area contributed by atoms with Crippen molar-refractivity contribution in [2.24, 2.45) is 4.99 Å². The van der Waals surface area contributed by atoms with Gasteiger partial charge in [-0.1, -0.05) is 49.3 Å². The zero-order valence-electron chi connectivity index (χ0n) is 23.2. The van der Waals surface area contributed by atoms with Crippen molar-refractivity contribution in [3.05, 3.63) is 84.5 Å². The first kappa shape index (κ1) is 28.8. The van der Waals surface area contributed by atoms with Gasteiger partial charge in [0.2, 0.25) is 0 Å². The van der Waals surface area contributed by atoms with Crippen LogP contribution in [-0.4, -0.2) is 37.3 Å². The zero-order valence-corrected chi connectivity index (χ0v) is 24.0. The SMILES string of the molecule is CCCCCOc1ccc(/C=c2/sc3n(c2=O)C(c2ccc(OC(C)=O)c(OC)c2)C(C(=O)OC)=C(C)N=3)cc1. The van der Waals surface area contributed by atoms with E-state index in [9.17, 15) is 14.4 Å². The number of unbranched alkanes of at least 4 members (excludes halogenated alkanes) is 2. The molecule has 3 aromatic rings. The van der Waals surface area contributed by atoms with Gasteiger partial charge in [-0.15, -0.1) is 0 Å². The number of carbonyl (C=O) groups is 2. The molecule has 0 N–H and O–H groups in total. The third-order valence-electron chi connectivity index (χ3n) is 6.38. The van der Waals surface area contributed by atoms with E-state index < -0.39 is 18.0 Å². The molecular weight excluding hydrogens is 532 g/mol. The van der Waals surface area contributed by atoms with Crippen LogP contribution >= 0.6 is 11.3 Å². The number of nitrogens with zero attached hydrogens (tertiary/aromatic N) is 2. The normalized spacial score (nSPS) is 14.8. The number of hydrogen-bond donors (Lipinski definition) is 0. The second-order valence-corrected chi connectivity index (χ2v) is 10.2. The molecule has 1 atom stereocenters.